The van der Waals surface area contributed by atoms with Gasteiger partial charge in [0.15, 0.2) is 0 Å². The topological polar surface area (TPSA) is 101 Å². The smallest absolute Gasteiger partial charge is 0.329 e. The van der Waals surface area contributed by atoms with Crippen LogP contribution in [0, 0.1) is 0 Å². The molecule has 140 valence electrons. The number of nitrogens with zero attached hydrogens (tertiary/aromatic N) is 2. The minimum absolute atomic E-state index is 0.296. The number of H-pyrrole nitrogens is 1. The quantitative estimate of drug-likeness (QED) is 0.653. The molecule has 1 heterocycles. The maximum atomic E-state index is 12.8. The molecular weight excluding hydrogens is 344 g/mol. The molecule has 0 saturated heterocycles. The van der Waals surface area contributed by atoms with E-state index in [1.807, 2.05) is 30.3 Å². The van der Waals surface area contributed by atoms with Gasteiger partial charge in [-0.2, -0.15) is 0 Å². The predicted molar refractivity (Wildman–Crippen MR) is 104 cm³/mol. The molecule has 3 rings (SSSR count). The maximum Gasteiger partial charge on any atom is 0.329 e. The van der Waals surface area contributed by atoms with Gasteiger partial charge in [0.2, 0.25) is 5.91 Å². The molecule has 2 aromatic carbocycles. The highest BCUT2D eigenvalue weighted by Crippen LogP contribution is 2.07. The number of rotatable bonds is 7. The van der Waals surface area contributed by atoms with Gasteiger partial charge in [0.05, 0.1) is 10.9 Å². The summed E-state index contributed by atoms with van der Waals surface area (Å²) in [6.45, 7) is 1.01. The second-order valence-electron chi connectivity index (χ2n) is 6.31. The van der Waals surface area contributed by atoms with Gasteiger partial charge < -0.3 is 15.6 Å². The summed E-state index contributed by atoms with van der Waals surface area (Å²) in [5, 5.41) is 0.376. The summed E-state index contributed by atoms with van der Waals surface area (Å²) in [4.78, 5) is 42.1. The molecule has 1 aromatic heterocycles. The van der Waals surface area contributed by atoms with Crippen LogP contribution in [-0.2, 0) is 17.9 Å². The molecule has 0 aliphatic rings. The van der Waals surface area contributed by atoms with Crippen LogP contribution in [0.3, 0.4) is 0 Å². The van der Waals surface area contributed by atoms with Gasteiger partial charge in [-0.15, -0.1) is 0 Å². The predicted octanol–water partition coefficient (Wildman–Crippen LogP) is 1.07. The molecule has 7 heteroatoms. The first-order valence-electron chi connectivity index (χ1n) is 8.84. The Hall–Kier alpha value is -3.19. The van der Waals surface area contributed by atoms with Gasteiger partial charge in [-0.05, 0) is 30.7 Å². The summed E-state index contributed by atoms with van der Waals surface area (Å²) in [7, 11) is 0. The number of para-hydroxylation sites is 1. The summed E-state index contributed by atoms with van der Waals surface area (Å²) in [6.07, 6.45) is 0.640. The summed E-state index contributed by atoms with van der Waals surface area (Å²) in [5.41, 5.74) is 5.96. The van der Waals surface area contributed by atoms with Crippen molar-refractivity contribution in [3.8, 4) is 0 Å². The Morgan fingerprint density at radius 3 is 2.48 bits per heavy atom. The van der Waals surface area contributed by atoms with E-state index in [2.05, 4.69) is 4.98 Å². The third-order valence-corrected chi connectivity index (χ3v) is 4.38. The number of fused-ring (bicyclic) bond motifs is 1. The van der Waals surface area contributed by atoms with Crippen LogP contribution in [0.25, 0.3) is 10.9 Å². The fourth-order valence-corrected chi connectivity index (χ4v) is 2.96. The van der Waals surface area contributed by atoms with E-state index in [-0.39, 0.29) is 12.5 Å². The molecule has 27 heavy (non-hydrogen) atoms. The molecule has 1 amide bonds. The number of aromatic amines is 1. The van der Waals surface area contributed by atoms with E-state index in [1.165, 1.54) is 0 Å². The number of hydrogen-bond acceptors (Lipinski definition) is 4. The number of aromatic nitrogens is 2. The third-order valence-electron chi connectivity index (χ3n) is 4.38. The first kappa shape index (κ1) is 18.6. The Labute approximate surface area is 156 Å². The molecule has 7 nitrogen and oxygen atoms in total. The largest absolute Gasteiger partial charge is 0.337 e. The van der Waals surface area contributed by atoms with Gasteiger partial charge in [0.1, 0.15) is 6.54 Å². The van der Waals surface area contributed by atoms with Gasteiger partial charge in [0.25, 0.3) is 5.56 Å². The van der Waals surface area contributed by atoms with E-state index in [0.717, 1.165) is 10.1 Å². The average Bonchev–Trinajstić information content (AvgIpc) is 2.69. The lowest BCUT2D eigenvalue weighted by Gasteiger charge is -2.23. The van der Waals surface area contributed by atoms with Gasteiger partial charge >= 0.3 is 5.69 Å². The van der Waals surface area contributed by atoms with Crippen LogP contribution >= 0.6 is 0 Å². The van der Waals surface area contributed by atoms with Crippen LogP contribution in [0.5, 0.6) is 0 Å². The molecule has 0 spiro atoms. The average molecular weight is 366 g/mol. The standard InChI is InChI=1S/C20H22N4O3/c21-11-6-12-23(13-15-7-2-1-3-8-15)18(25)14-24-19(26)16-9-4-5-10-17(16)22-20(24)27/h1-5,7-10H,6,11-14,21H2,(H,22,27). The highest BCUT2D eigenvalue weighted by atomic mass is 16.2. The van der Waals surface area contributed by atoms with Gasteiger partial charge in [-0.3, -0.25) is 14.2 Å². The zero-order valence-electron chi connectivity index (χ0n) is 14.9. The molecule has 0 aliphatic heterocycles. The van der Waals surface area contributed by atoms with Crippen molar-refractivity contribution in [2.45, 2.75) is 19.5 Å². The zero-order chi connectivity index (χ0) is 19.2. The molecule has 0 radical (unpaired) electrons. The molecule has 3 aromatic rings. The van der Waals surface area contributed by atoms with E-state index < -0.39 is 11.2 Å². The molecule has 0 saturated carbocycles. The molecule has 3 N–H and O–H groups in total. The van der Waals surface area contributed by atoms with Crippen LogP contribution < -0.4 is 17.0 Å². The van der Waals surface area contributed by atoms with Crippen LogP contribution in [0.15, 0.2) is 64.2 Å². The highest BCUT2D eigenvalue weighted by Gasteiger charge is 2.17. The fraction of sp³-hybridized carbons (Fsp3) is 0.250. The van der Waals surface area contributed by atoms with E-state index in [1.54, 1.807) is 29.2 Å². The second-order valence-corrected chi connectivity index (χ2v) is 6.31. The summed E-state index contributed by atoms with van der Waals surface area (Å²) in [6, 6.07) is 16.3. The van der Waals surface area contributed by atoms with Crippen molar-refractivity contribution in [2.24, 2.45) is 5.73 Å². The van der Waals surface area contributed by atoms with Crippen molar-refractivity contribution in [1.29, 1.82) is 0 Å². The van der Waals surface area contributed by atoms with Crippen molar-refractivity contribution in [3.63, 3.8) is 0 Å². The lowest BCUT2D eigenvalue weighted by Crippen LogP contribution is -2.42. The minimum atomic E-state index is -0.592. The molecule has 0 unspecified atom stereocenters. The van der Waals surface area contributed by atoms with Crippen LogP contribution in [-0.4, -0.2) is 33.4 Å². The molecule has 0 aliphatic carbocycles. The lowest BCUT2D eigenvalue weighted by molar-refractivity contribution is -0.132. The Morgan fingerprint density at radius 2 is 1.74 bits per heavy atom. The second kappa shape index (κ2) is 8.46. The van der Waals surface area contributed by atoms with Crippen molar-refractivity contribution in [2.75, 3.05) is 13.1 Å². The molecule has 0 bridgehead atoms. The lowest BCUT2D eigenvalue weighted by atomic mass is 10.2. The van der Waals surface area contributed by atoms with Crippen LogP contribution in [0.1, 0.15) is 12.0 Å². The van der Waals surface area contributed by atoms with E-state index >= 15 is 0 Å². The Bertz CT molecular complexity index is 1040. The summed E-state index contributed by atoms with van der Waals surface area (Å²) < 4.78 is 0.950. The van der Waals surface area contributed by atoms with E-state index in [0.29, 0.717) is 37.0 Å². The number of amides is 1. The summed E-state index contributed by atoms with van der Waals surface area (Å²) >= 11 is 0. The van der Waals surface area contributed by atoms with Gasteiger partial charge in [-0.25, -0.2) is 4.79 Å². The van der Waals surface area contributed by atoms with Crippen molar-refractivity contribution >= 4 is 16.8 Å². The number of carbonyl (C=O) groups excluding carboxylic acids is 1. The Kier molecular flexibility index (Phi) is 5.83. The minimum Gasteiger partial charge on any atom is -0.337 e. The Morgan fingerprint density at radius 1 is 1.04 bits per heavy atom. The molecule has 0 atom stereocenters. The number of carbonyl (C=O) groups is 1. The normalized spacial score (nSPS) is 10.9. The number of hydrogen-bond donors (Lipinski definition) is 2. The first-order chi connectivity index (χ1) is 13.1. The van der Waals surface area contributed by atoms with Crippen molar-refractivity contribution < 1.29 is 4.79 Å². The Balaban J connectivity index is 1.88. The van der Waals surface area contributed by atoms with E-state index in [4.69, 9.17) is 5.73 Å². The monoisotopic (exact) mass is 366 g/mol. The zero-order valence-corrected chi connectivity index (χ0v) is 14.9. The number of benzene rings is 2. The van der Waals surface area contributed by atoms with Crippen LogP contribution in [0.4, 0.5) is 0 Å². The molecular formula is C20H22N4O3. The number of nitrogens with one attached hydrogen (secondary N) is 1. The molecule has 0 fully saturated rings. The van der Waals surface area contributed by atoms with Crippen molar-refractivity contribution in [1.82, 2.24) is 14.5 Å². The fourth-order valence-electron chi connectivity index (χ4n) is 2.96. The third kappa shape index (κ3) is 4.32. The van der Waals surface area contributed by atoms with Gasteiger partial charge in [-0.1, -0.05) is 42.5 Å². The van der Waals surface area contributed by atoms with E-state index in [9.17, 15) is 14.4 Å². The highest BCUT2D eigenvalue weighted by molar-refractivity contribution is 5.79. The number of nitrogens with two attached hydrogens (primary N) is 1. The van der Waals surface area contributed by atoms with Gasteiger partial charge in [0, 0.05) is 13.1 Å². The SMILES string of the molecule is NCCCN(Cc1ccccc1)C(=O)Cn1c(=O)[nH]c2ccccc2c1=O. The van der Waals surface area contributed by atoms with Crippen LogP contribution in [0.2, 0.25) is 0 Å². The van der Waals surface area contributed by atoms with Crippen molar-refractivity contribution in [3.05, 3.63) is 81.0 Å². The first-order valence-corrected chi connectivity index (χ1v) is 8.84. The summed E-state index contributed by atoms with van der Waals surface area (Å²) in [5.74, 6) is -0.296. The maximum absolute atomic E-state index is 12.8.